The van der Waals surface area contributed by atoms with Gasteiger partial charge in [0.15, 0.2) is 5.82 Å². The molecule has 0 fully saturated rings. The quantitative estimate of drug-likeness (QED) is 0.332. The maximum Gasteiger partial charge on any atom is 0.287 e. The van der Waals surface area contributed by atoms with Gasteiger partial charge in [0.25, 0.3) is 5.69 Å². The summed E-state index contributed by atoms with van der Waals surface area (Å²) in [5.74, 6) is 0.502. The van der Waals surface area contributed by atoms with Crippen LogP contribution >= 0.6 is 15.9 Å². The first-order chi connectivity index (χ1) is 13.1. The Labute approximate surface area is 163 Å². The van der Waals surface area contributed by atoms with Gasteiger partial charge in [-0.2, -0.15) is 5.10 Å². The summed E-state index contributed by atoms with van der Waals surface area (Å²) in [6.45, 7) is 0. The van der Waals surface area contributed by atoms with Crippen LogP contribution in [0.15, 0.2) is 83.5 Å². The van der Waals surface area contributed by atoms with Crippen molar-refractivity contribution >= 4 is 21.6 Å². The van der Waals surface area contributed by atoms with Crippen molar-refractivity contribution in [2.45, 2.75) is 0 Å². The molecule has 132 valence electrons. The summed E-state index contributed by atoms with van der Waals surface area (Å²) in [4.78, 5) is 14.7. The van der Waals surface area contributed by atoms with Crippen molar-refractivity contribution in [3.05, 3.63) is 93.6 Å². The lowest BCUT2D eigenvalue weighted by molar-refractivity contribution is -0.385. The van der Waals surface area contributed by atoms with Crippen LogP contribution in [0.5, 0.6) is 0 Å². The summed E-state index contributed by atoms with van der Waals surface area (Å²) < 4.78 is 2.53. The molecule has 4 aromatic rings. The van der Waals surface area contributed by atoms with E-state index in [2.05, 4.69) is 20.9 Å². The highest BCUT2D eigenvalue weighted by atomic mass is 79.9. The van der Waals surface area contributed by atoms with Crippen molar-refractivity contribution in [1.82, 2.24) is 14.8 Å². The maximum atomic E-state index is 10.9. The molecule has 0 aliphatic heterocycles. The Morgan fingerprint density at radius 1 is 0.889 bits per heavy atom. The number of rotatable bonds is 4. The van der Waals surface area contributed by atoms with Crippen LogP contribution in [0.25, 0.3) is 28.3 Å². The van der Waals surface area contributed by atoms with Crippen LogP contribution in [-0.4, -0.2) is 19.7 Å². The maximum absolute atomic E-state index is 10.9. The summed E-state index contributed by atoms with van der Waals surface area (Å²) in [6.07, 6.45) is 1.24. The monoisotopic (exact) mass is 420 g/mol. The van der Waals surface area contributed by atoms with Gasteiger partial charge in [0, 0.05) is 17.2 Å². The van der Waals surface area contributed by atoms with E-state index in [4.69, 9.17) is 5.10 Å². The van der Waals surface area contributed by atoms with Crippen molar-refractivity contribution in [2.24, 2.45) is 0 Å². The molecule has 0 aliphatic carbocycles. The lowest BCUT2D eigenvalue weighted by Gasteiger charge is -2.07. The van der Waals surface area contributed by atoms with Crippen molar-refractivity contribution in [1.29, 1.82) is 0 Å². The number of hydrogen-bond acceptors (Lipinski definition) is 4. The Morgan fingerprint density at radius 3 is 2.07 bits per heavy atom. The number of nitro groups is 1. The number of nitrogens with zero attached hydrogens (tertiary/aromatic N) is 4. The molecule has 0 saturated heterocycles. The second-order valence-corrected chi connectivity index (χ2v) is 6.58. The fourth-order valence-corrected chi connectivity index (χ4v) is 3.51. The normalized spacial score (nSPS) is 10.7. The molecule has 27 heavy (non-hydrogen) atoms. The van der Waals surface area contributed by atoms with Gasteiger partial charge in [0.2, 0.25) is 0 Å². The number of pyridine rings is 1. The first kappa shape index (κ1) is 17.1. The molecular weight excluding hydrogens is 408 g/mol. The third kappa shape index (κ3) is 3.24. The Hall–Kier alpha value is -3.32. The minimum absolute atomic E-state index is 0.0606. The number of hydrogen-bond donors (Lipinski definition) is 0. The SMILES string of the molecule is O=[N+]([O-])c1ccc(-n2nc(-c3ccccc3)c(Br)c2-c2ccccc2)nc1. The summed E-state index contributed by atoms with van der Waals surface area (Å²) >= 11 is 3.69. The smallest absolute Gasteiger partial charge is 0.258 e. The van der Waals surface area contributed by atoms with Crippen molar-refractivity contribution < 1.29 is 4.92 Å². The first-order valence-corrected chi connectivity index (χ1v) is 8.94. The fourth-order valence-electron chi connectivity index (χ4n) is 2.80. The number of benzene rings is 2. The Balaban J connectivity index is 1.93. The second kappa shape index (κ2) is 7.13. The third-order valence-corrected chi connectivity index (χ3v) is 4.83. The van der Waals surface area contributed by atoms with Crippen LogP contribution in [0, 0.1) is 10.1 Å². The van der Waals surface area contributed by atoms with E-state index in [9.17, 15) is 10.1 Å². The minimum atomic E-state index is -0.469. The lowest BCUT2D eigenvalue weighted by Crippen LogP contribution is -2.02. The van der Waals surface area contributed by atoms with E-state index in [0.717, 1.165) is 27.0 Å². The lowest BCUT2D eigenvalue weighted by atomic mass is 10.1. The van der Waals surface area contributed by atoms with Crippen LogP contribution in [0.3, 0.4) is 0 Å². The molecule has 0 atom stereocenters. The molecule has 2 heterocycles. The molecule has 7 heteroatoms. The highest BCUT2D eigenvalue weighted by molar-refractivity contribution is 9.10. The van der Waals surface area contributed by atoms with E-state index in [1.165, 1.54) is 12.3 Å². The molecular formula is C20H13BrN4O2. The first-order valence-electron chi connectivity index (χ1n) is 8.15. The van der Waals surface area contributed by atoms with E-state index >= 15 is 0 Å². The molecule has 0 saturated carbocycles. The van der Waals surface area contributed by atoms with Gasteiger partial charge in [-0.1, -0.05) is 60.7 Å². The molecule has 0 spiro atoms. The van der Waals surface area contributed by atoms with Crippen LogP contribution in [-0.2, 0) is 0 Å². The van der Waals surface area contributed by atoms with Gasteiger partial charge in [-0.15, -0.1) is 0 Å². The molecule has 0 radical (unpaired) electrons. The van der Waals surface area contributed by atoms with Crippen LogP contribution < -0.4 is 0 Å². The molecule has 0 bridgehead atoms. The summed E-state index contributed by atoms with van der Waals surface area (Å²) in [6, 6.07) is 22.6. The largest absolute Gasteiger partial charge is 0.287 e. The second-order valence-electron chi connectivity index (χ2n) is 5.79. The van der Waals surface area contributed by atoms with E-state index in [1.54, 1.807) is 10.7 Å². The zero-order valence-electron chi connectivity index (χ0n) is 14.0. The van der Waals surface area contributed by atoms with Gasteiger partial charge in [-0.05, 0) is 22.0 Å². The van der Waals surface area contributed by atoms with Gasteiger partial charge in [-0.3, -0.25) is 10.1 Å². The molecule has 6 nitrogen and oxygen atoms in total. The van der Waals surface area contributed by atoms with Gasteiger partial charge in [-0.25, -0.2) is 9.67 Å². The van der Waals surface area contributed by atoms with Crippen LogP contribution in [0.1, 0.15) is 0 Å². The van der Waals surface area contributed by atoms with Crippen molar-refractivity contribution in [3.63, 3.8) is 0 Å². The fraction of sp³-hybridized carbons (Fsp3) is 0. The summed E-state index contributed by atoms with van der Waals surface area (Å²) in [5, 5.41) is 15.7. The van der Waals surface area contributed by atoms with Gasteiger partial charge >= 0.3 is 0 Å². The minimum Gasteiger partial charge on any atom is -0.258 e. The Morgan fingerprint density at radius 2 is 1.52 bits per heavy atom. The van der Waals surface area contributed by atoms with Crippen LogP contribution in [0.2, 0.25) is 0 Å². The van der Waals surface area contributed by atoms with E-state index in [-0.39, 0.29) is 5.69 Å². The molecule has 2 aromatic carbocycles. The average Bonchev–Trinajstić information content (AvgIpc) is 3.06. The highest BCUT2D eigenvalue weighted by Gasteiger charge is 2.20. The van der Waals surface area contributed by atoms with Gasteiger partial charge in [0.05, 0.1) is 15.1 Å². The zero-order chi connectivity index (χ0) is 18.8. The molecule has 0 unspecified atom stereocenters. The Kier molecular flexibility index (Phi) is 4.52. The van der Waals surface area contributed by atoms with E-state index in [1.807, 2.05) is 60.7 Å². The van der Waals surface area contributed by atoms with Crippen LogP contribution in [0.4, 0.5) is 5.69 Å². The zero-order valence-corrected chi connectivity index (χ0v) is 15.6. The molecule has 0 aliphatic rings. The molecule has 0 N–H and O–H groups in total. The van der Waals surface area contributed by atoms with Crippen molar-refractivity contribution in [3.8, 4) is 28.3 Å². The number of halogens is 1. The van der Waals surface area contributed by atoms with Gasteiger partial charge < -0.3 is 0 Å². The van der Waals surface area contributed by atoms with E-state index in [0.29, 0.717) is 5.82 Å². The predicted molar refractivity (Wildman–Crippen MR) is 107 cm³/mol. The van der Waals surface area contributed by atoms with Gasteiger partial charge in [0.1, 0.15) is 11.9 Å². The topological polar surface area (TPSA) is 73.8 Å². The average molecular weight is 421 g/mol. The number of aromatic nitrogens is 3. The third-order valence-electron chi connectivity index (χ3n) is 4.08. The predicted octanol–water partition coefficient (Wildman–Crippen LogP) is 5.27. The molecule has 0 amide bonds. The summed E-state index contributed by atoms with van der Waals surface area (Å²) in [7, 11) is 0. The summed E-state index contributed by atoms with van der Waals surface area (Å²) in [5.41, 5.74) is 3.46. The van der Waals surface area contributed by atoms with Crippen molar-refractivity contribution in [2.75, 3.05) is 0 Å². The molecule has 4 rings (SSSR count). The molecule has 2 aromatic heterocycles. The highest BCUT2D eigenvalue weighted by Crippen LogP contribution is 2.37. The Bertz CT molecular complexity index is 1090. The standard InChI is InChI=1S/C20H13BrN4O2/c21-18-19(14-7-3-1-4-8-14)23-24(20(18)15-9-5-2-6-10-15)17-12-11-16(13-22-17)25(26)27/h1-13H. The van der Waals surface area contributed by atoms with E-state index < -0.39 is 4.92 Å².